The van der Waals surface area contributed by atoms with Gasteiger partial charge in [-0.05, 0) is 36.5 Å². The number of H-pyrrole nitrogens is 1. The fraction of sp³-hybridized carbons (Fsp3) is 0.474. The van der Waals surface area contributed by atoms with Crippen molar-refractivity contribution in [2.75, 3.05) is 6.54 Å². The molecule has 1 aromatic carbocycles. The number of halogens is 2. The Morgan fingerprint density at radius 1 is 1.23 bits per heavy atom. The molecular weight excluding hydrogens is 355 g/mol. The molecule has 1 amide bonds. The Bertz CT molecular complexity index is 755. The third kappa shape index (κ3) is 3.76. The van der Waals surface area contributed by atoms with E-state index in [0.29, 0.717) is 18.2 Å². The number of hydrogen-bond donors (Lipinski definition) is 3. The maximum absolute atomic E-state index is 13.3. The van der Waals surface area contributed by atoms with Gasteiger partial charge in [0.2, 0.25) is 0 Å². The van der Waals surface area contributed by atoms with Crippen LogP contribution in [0.2, 0.25) is 0 Å². The summed E-state index contributed by atoms with van der Waals surface area (Å²) in [6.07, 6.45) is 5.39. The average molecular weight is 379 g/mol. The fourth-order valence-corrected chi connectivity index (χ4v) is 4.06. The zero-order valence-electron chi connectivity index (χ0n) is 14.6. The van der Waals surface area contributed by atoms with Crippen molar-refractivity contribution in [2.45, 2.75) is 44.7 Å². The first-order valence-electron chi connectivity index (χ1n) is 9.05. The van der Waals surface area contributed by atoms with Gasteiger partial charge >= 0.3 is 0 Å². The van der Waals surface area contributed by atoms with Gasteiger partial charge in [0.25, 0.3) is 5.91 Å². The van der Waals surface area contributed by atoms with Crippen molar-refractivity contribution in [3.8, 4) is 0 Å². The molecule has 0 spiro atoms. The molecule has 0 bridgehead atoms. The molecular formula is C19H24ClFN4O. The van der Waals surface area contributed by atoms with Crippen LogP contribution < -0.4 is 10.6 Å². The van der Waals surface area contributed by atoms with Crippen molar-refractivity contribution in [3.05, 3.63) is 52.6 Å². The van der Waals surface area contributed by atoms with Crippen LogP contribution in [0.15, 0.2) is 24.3 Å². The SMILES string of the molecule is Cl.O=C(NC(c1ccc(F)cc1)C1CCCC1)c1n[nH]c2c1CNCC2. The van der Waals surface area contributed by atoms with E-state index in [9.17, 15) is 9.18 Å². The summed E-state index contributed by atoms with van der Waals surface area (Å²) in [5, 5.41) is 13.7. The van der Waals surface area contributed by atoms with E-state index in [1.807, 2.05) is 0 Å². The molecule has 2 heterocycles. The highest BCUT2D eigenvalue weighted by atomic mass is 35.5. The van der Waals surface area contributed by atoms with Crippen LogP contribution in [0.3, 0.4) is 0 Å². The van der Waals surface area contributed by atoms with Crippen molar-refractivity contribution < 1.29 is 9.18 Å². The minimum Gasteiger partial charge on any atom is -0.344 e. The number of carbonyl (C=O) groups excluding carboxylic acids is 1. The van der Waals surface area contributed by atoms with E-state index in [1.54, 1.807) is 12.1 Å². The van der Waals surface area contributed by atoms with E-state index in [2.05, 4.69) is 20.8 Å². The van der Waals surface area contributed by atoms with Gasteiger partial charge in [-0.25, -0.2) is 4.39 Å². The van der Waals surface area contributed by atoms with Gasteiger partial charge in [0.05, 0.1) is 6.04 Å². The summed E-state index contributed by atoms with van der Waals surface area (Å²) in [6, 6.07) is 6.38. The lowest BCUT2D eigenvalue weighted by atomic mass is 9.91. The minimum atomic E-state index is -0.257. The molecule has 1 saturated carbocycles. The Kier molecular flexibility index (Phi) is 5.94. The monoisotopic (exact) mass is 378 g/mol. The van der Waals surface area contributed by atoms with Crippen LogP contribution in [-0.2, 0) is 13.0 Å². The number of nitrogens with one attached hydrogen (secondary N) is 3. The fourth-order valence-electron chi connectivity index (χ4n) is 4.06. The van der Waals surface area contributed by atoms with Gasteiger partial charge in [0, 0.05) is 30.8 Å². The van der Waals surface area contributed by atoms with E-state index in [-0.39, 0.29) is 30.2 Å². The van der Waals surface area contributed by atoms with E-state index < -0.39 is 0 Å². The Morgan fingerprint density at radius 3 is 2.69 bits per heavy atom. The third-order valence-electron chi connectivity index (χ3n) is 5.41. The summed E-state index contributed by atoms with van der Waals surface area (Å²) in [4.78, 5) is 12.9. The molecule has 1 aliphatic carbocycles. The van der Waals surface area contributed by atoms with Crippen molar-refractivity contribution in [2.24, 2.45) is 5.92 Å². The third-order valence-corrected chi connectivity index (χ3v) is 5.41. The molecule has 4 rings (SSSR count). The van der Waals surface area contributed by atoms with Gasteiger partial charge in [-0.3, -0.25) is 9.89 Å². The molecule has 0 radical (unpaired) electrons. The second-order valence-corrected chi connectivity index (χ2v) is 7.00. The molecule has 140 valence electrons. The highest BCUT2D eigenvalue weighted by Gasteiger charge is 2.30. The normalized spacial score (nSPS) is 18.0. The summed E-state index contributed by atoms with van der Waals surface area (Å²) < 4.78 is 13.3. The number of benzene rings is 1. The molecule has 5 nitrogen and oxygen atoms in total. The summed E-state index contributed by atoms with van der Waals surface area (Å²) in [6.45, 7) is 1.57. The Hall–Kier alpha value is -1.92. The summed E-state index contributed by atoms with van der Waals surface area (Å²) in [7, 11) is 0. The molecule has 2 aliphatic rings. The first kappa shape index (κ1) is 18.9. The van der Waals surface area contributed by atoms with Crippen LogP contribution in [0.4, 0.5) is 4.39 Å². The highest BCUT2D eigenvalue weighted by molar-refractivity contribution is 5.94. The van der Waals surface area contributed by atoms with Crippen LogP contribution in [0.1, 0.15) is 59.0 Å². The topological polar surface area (TPSA) is 69.8 Å². The van der Waals surface area contributed by atoms with Crippen molar-refractivity contribution in [1.82, 2.24) is 20.8 Å². The van der Waals surface area contributed by atoms with Crippen LogP contribution in [0, 0.1) is 11.7 Å². The van der Waals surface area contributed by atoms with Crippen LogP contribution in [-0.4, -0.2) is 22.6 Å². The van der Waals surface area contributed by atoms with Gasteiger partial charge in [-0.1, -0.05) is 25.0 Å². The first-order chi connectivity index (χ1) is 12.2. The molecule has 26 heavy (non-hydrogen) atoms. The zero-order chi connectivity index (χ0) is 17.2. The molecule has 1 aliphatic heterocycles. The standard InChI is InChI=1S/C19H23FN4O.ClH/c20-14-7-5-13(6-8-14)17(12-3-1-2-4-12)22-19(25)18-15-11-21-10-9-16(15)23-24-18;/h5-8,12,17,21H,1-4,9-11H2,(H,22,25)(H,23,24);1H. The first-order valence-corrected chi connectivity index (χ1v) is 9.05. The quantitative estimate of drug-likeness (QED) is 0.764. The maximum atomic E-state index is 13.3. The molecule has 1 fully saturated rings. The van der Waals surface area contributed by atoms with E-state index >= 15 is 0 Å². The van der Waals surface area contributed by atoms with Gasteiger partial charge in [-0.15, -0.1) is 12.4 Å². The number of hydrogen-bond acceptors (Lipinski definition) is 3. The van der Waals surface area contributed by atoms with E-state index in [1.165, 1.54) is 25.0 Å². The Labute approximate surface area is 158 Å². The number of fused-ring (bicyclic) bond motifs is 1. The molecule has 7 heteroatoms. The van der Waals surface area contributed by atoms with Crippen LogP contribution >= 0.6 is 12.4 Å². The van der Waals surface area contributed by atoms with Gasteiger partial charge in [-0.2, -0.15) is 5.10 Å². The van der Waals surface area contributed by atoms with Crippen molar-refractivity contribution >= 4 is 18.3 Å². The molecule has 2 aromatic rings. The number of amides is 1. The molecule has 1 aromatic heterocycles. The molecule has 3 N–H and O–H groups in total. The largest absolute Gasteiger partial charge is 0.344 e. The molecule has 0 saturated heterocycles. The lowest BCUT2D eigenvalue weighted by Crippen LogP contribution is -2.34. The number of nitrogens with zero attached hydrogens (tertiary/aromatic N) is 1. The Morgan fingerprint density at radius 2 is 1.96 bits per heavy atom. The predicted octanol–water partition coefficient (Wildman–Crippen LogP) is 3.28. The minimum absolute atomic E-state index is 0. The van der Waals surface area contributed by atoms with Crippen LogP contribution in [0.25, 0.3) is 0 Å². The molecule has 1 atom stereocenters. The van der Waals surface area contributed by atoms with E-state index in [4.69, 9.17) is 0 Å². The smallest absolute Gasteiger partial charge is 0.272 e. The van der Waals surface area contributed by atoms with Crippen molar-refractivity contribution in [3.63, 3.8) is 0 Å². The molecule has 1 unspecified atom stereocenters. The van der Waals surface area contributed by atoms with Crippen molar-refractivity contribution in [1.29, 1.82) is 0 Å². The average Bonchev–Trinajstić information content (AvgIpc) is 3.30. The zero-order valence-corrected chi connectivity index (χ0v) is 15.4. The lowest BCUT2D eigenvalue weighted by Gasteiger charge is -2.25. The number of carbonyl (C=O) groups is 1. The number of rotatable bonds is 4. The van der Waals surface area contributed by atoms with Gasteiger partial charge < -0.3 is 10.6 Å². The van der Waals surface area contributed by atoms with Crippen LogP contribution in [0.5, 0.6) is 0 Å². The summed E-state index contributed by atoms with van der Waals surface area (Å²) >= 11 is 0. The second-order valence-electron chi connectivity index (χ2n) is 7.00. The Balaban J connectivity index is 0.00000196. The lowest BCUT2D eigenvalue weighted by molar-refractivity contribution is 0.0915. The van der Waals surface area contributed by atoms with Gasteiger partial charge in [0.15, 0.2) is 5.69 Å². The predicted molar refractivity (Wildman–Crippen MR) is 99.8 cm³/mol. The number of aromatic amines is 1. The van der Waals surface area contributed by atoms with E-state index in [0.717, 1.165) is 42.6 Å². The number of aromatic nitrogens is 2. The summed E-state index contributed by atoms with van der Waals surface area (Å²) in [5.74, 6) is -0.0163. The highest BCUT2D eigenvalue weighted by Crippen LogP contribution is 2.36. The second kappa shape index (κ2) is 8.18. The summed E-state index contributed by atoms with van der Waals surface area (Å²) in [5.41, 5.74) is 3.45. The van der Waals surface area contributed by atoms with Gasteiger partial charge in [0.1, 0.15) is 5.82 Å². The maximum Gasteiger partial charge on any atom is 0.272 e.